The van der Waals surface area contributed by atoms with Crippen LogP contribution in [0.15, 0.2) is 51.9 Å². The maximum absolute atomic E-state index is 6.02. The van der Waals surface area contributed by atoms with Gasteiger partial charge in [-0.25, -0.2) is 4.99 Å². The lowest BCUT2D eigenvalue weighted by Gasteiger charge is -1.94. The molecule has 0 aliphatic heterocycles. The molecular formula is C16H9BrClN5S. The minimum absolute atomic E-state index is 0.536. The molecule has 24 heavy (non-hydrogen) atoms. The van der Waals surface area contributed by atoms with Gasteiger partial charge in [0, 0.05) is 21.6 Å². The number of hydrogen-bond donors (Lipinski definition) is 1. The second kappa shape index (κ2) is 6.43. The van der Waals surface area contributed by atoms with Crippen molar-refractivity contribution in [2.45, 2.75) is 0 Å². The summed E-state index contributed by atoms with van der Waals surface area (Å²) >= 11 is 10.9. The van der Waals surface area contributed by atoms with Crippen LogP contribution in [-0.4, -0.2) is 26.6 Å². The van der Waals surface area contributed by atoms with Gasteiger partial charge < -0.3 is 0 Å². The Kier molecular flexibility index (Phi) is 4.13. The van der Waals surface area contributed by atoms with E-state index in [1.807, 2.05) is 42.5 Å². The maximum Gasteiger partial charge on any atom is 0.231 e. The molecule has 1 N–H and O–H groups in total. The van der Waals surface area contributed by atoms with E-state index in [-0.39, 0.29) is 0 Å². The molecule has 0 spiro atoms. The minimum Gasteiger partial charge on any atom is -0.266 e. The maximum atomic E-state index is 6.02. The van der Waals surface area contributed by atoms with Gasteiger partial charge in [-0.15, -0.1) is 10.2 Å². The molecule has 4 aromatic rings. The third-order valence-electron chi connectivity index (χ3n) is 3.36. The molecular weight excluding hydrogens is 410 g/mol. The molecule has 8 heteroatoms. The van der Waals surface area contributed by atoms with E-state index in [9.17, 15) is 0 Å². The largest absolute Gasteiger partial charge is 0.266 e. The zero-order valence-electron chi connectivity index (χ0n) is 12.1. The average Bonchev–Trinajstić information content (AvgIpc) is 3.21. The lowest BCUT2D eigenvalue weighted by Crippen LogP contribution is -1.78. The summed E-state index contributed by atoms with van der Waals surface area (Å²) in [5.41, 5.74) is 2.74. The van der Waals surface area contributed by atoms with Gasteiger partial charge in [-0.2, -0.15) is 5.10 Å². The molecule has 0 bridgehead atoms. The standard InChI is InChI=1S/C16H9BrClN5S/c17-11-4-1-9(2-5-11)8-19-16-23-22-15(24-16)10-3-6-12-13(7-10)20-21-14(12)18/h1-8H,(H,20,21)/b19-8+. The van der Waals surface area contributed by atoms with Crippen LogP contribution in [0.2, 0.25) is 5.15 Å². The molecule has 2 heterocycles. The molecule has 5 nitrogen and oxygen atoms in total. The number of aromatic nitrogens is 4. The predicted molar refractivity (Wildman–Crippen MR) is 101 cm³/mol. The van der Waals surface area contributed by atoms with E-state index >= 15 is 0 Å². The summed E-state index contributed by atoms with van der Waals surface area (Å²) in [5.74, 6) is 0. The lowest BCUT2D eigenvalue weighted by molar-refractivity contribution is 1.09. The van der Waals surface area contributed by atoms with E-state index in [4.69, 9.17) is 11.6 Å². The van der Waals surface area contributed by atoms with Gasteiger partial charge in [-0.1, -0.05) is 57.1 Å². The molecule has 0 aliphatic carbocycles. The Morgan fingerprint density at radius 2 is 1.96 bits per heavy atom. The highest BCUT2D eigenvalue weighted by Crippen LogP contribution is 2.31. The first-order valence-corrected chi connectivity index (χ1v) is 8.95. The quantitative estimate of drug-likeness (QED) is 0.462. The number of aliphatic imine (C=N–C) groups is 1. The molecule has 0 aliphatic rings. The lowest BCUT2D eigenvalue weighted by atomic mass is 10.2. The van der Waals surface area contributed by atoms with Crippen LogP contribution in [-0.2, 0) is 0 Å². The Morgan fingerprint density at radius 3 is 2.79 bits per heavy atom. The van der Waals surface area contributed by atoms with Crippen molar-refractivity contribution in [3.63, 3.8) is 0 Å². The zero-order valence-corrected chi connectivity index (χ0v) is 15.2. The summed E-state index contributed by atoms with van der Waals surface area (Å²) in [6.07, 6.45) is 1.77. The first kappa shape index (κ1) is 15.4. The van der Waals surface area contributed by atoms with Crippen molar-refractivity contribution in [3.8, 4) is 10.6 Å². The van der Waals surface area contributed by atoms with Crippen molar-refractivity contribution in [2.24, 2.45) is 4.99 Å². The van der Waals surface area contributed by atoms with E-state index in [1.165, 1.54) is 11.3 Å². The van der Waals surface area contributed by atoms with E-state index in [0.717, 1.165) is 31.5 Å². The summed E-state index contributed by atoms with van der Waals surface area (Å²) in [6.45, 7) is 0. The van der Waals surface area contributed by atoms with Gasteiger partial charge in [0.05, 0.1) is 5.52 Å². The van der Waals surface area contributed by atoms with Crippen LogP contribution >= 0.6 is 38.9 Å². The first-order chi connectivity index (χ1) is 11.7. The minimum atomic E-state index is 0.536. The van der Waals surface area contributed by atoms with E-state index in [1.54, 1.807) is 6.21 Å². The van der Waals surface area contributed by atoms with Crippen molar-refractivity contribution in [1.82, 2.24) is 20.4 Å². The average molecular weight is 419 g/mol. The second-order valence-electron chi connectivity index (χ2n) is 4.97. The SMILES string of the molecule is Clc1[nH]nc2cc(-c3nnc(/N=C/c4ccc(Br)cc4)s3)ccc12. The summed E-state index contributed by atoms with van der Waals surface area (Å²) in [5, 5.41) is 18.1. The van der Waals surface area contributed by atoms with Crippen molar-refractivity contribution in [3.05, 3.63) is 57.7 Å². The zero-order chi connectivity index (χ0) is 16.5. The molecule has 0 unspecified atom stereocenters. The van der Waals surface area contributed by atoms with Crippen LogP contribution in [0, 0.1) is 0 Å². The first-order valence-electron chi connectivity index (χ1n) is 6.96. The van der Waals surface area contributed by atoms with E-state index in [2.05, 4.69) is 41.3 Å². The summed E-state index contributed by atoms with van der Waals surface area (Å²) < 4.78 is 1.03. The fourth-order valence-electron chi connectivity index (χ4n) is 2.18. The summed E-state index contributed by atoms with van der Waals surface area (Å²) in [6, 6.07) is 13.7. The molecule has 0 fully saturated rings. The molecule has 118 valence electrons. The van der Waals surface area contributed by atoms with Crippen LogP contribution in [0.25, 0.3) is 21.5 Å². The van der Waals surface area contributed by atoms with Gasteiger partial charge in [0.1, 0.15) is 10.2 Å². The third kappa shape index (κ3) is 3.10. The Hall–Kier alpha value is -2.09. The highest BCUT2D eigenvalue weighted by molar-refractivity contribution is 9.10. The number of hydrogen-bond acceptors (Lipinski definition) is 5. The molecule has 4 rings (SSSR count). The van der Waals surface area contributed by atoms with Crippen LogP contribution < -0.4 is 0 Å². The molecule has 0 atom stereocenters. The monoisotopic (exact) mass is 417 g/mol. The van der Waals surface area contributed by atoms with Crippen LogP contribution in [0.3, 0.4) is 0 Å². The molecule has 0 saturated heterocycles. The predicted octanol–water partition coefficient (Wildman–Crippen LogP) is 5.25. The van der Waals surface area contributed by atoms with Crippen LogP contribution in [0.5, 0.6) is 0 Å². The number of H-pyrrole nitrogens is 1. The van der Waals surface area contributed by atoms with Gasteiger partial charge in [-0.05, 0) is 29.8 Å². The Bertz CT molecular complexity index is 1040. The normalized spacial score (nSPS) is 11.6. The molecule has 2 aromatic carbocycles. The Balaban J connectivity index is 1.60. The number of rotatable bonds is 3. The van der Waals surface area contributed by atoms with Gasteiger partial charge >= 0.3 is 0 Å². The van der Waals surface area contributed by atoms with E-state index < -0.39 is 0 Å². The Morgan fingerprint density at radius 1 is 1.12 bits per heavy atom. The van der Waals surface area contributed by atoms with Gasteiger partial charge in [-0.3, -0.25) is 5.10 Å². The number of nitrogens with zero attached hydrogens (tertiary/aromatic N) is 4. The van der Waals surface area contributed by atoms with Crippen molar-refractivity contribution in [2.75, 3.05) is 0 Å². The van der Waals surface area contributed by atoms with Gasteiger partial charge in [0.25, 0.3) is 0 Å². The number of benzene rings is 2. The Labute approximate surface area is 154 Å². The topological polar surface area (TPSA) is 66.8 Å². The third-order valence-corrected chi connectivity index (χ3v) is 5.06. The van der Waals surface area contributed by atoms with Gasteiger partial charge in [0.2, 0.25) is 5.13 Å². The highest BCUT2D eigenvalue weighted by atomic mass is 79.9. The van der Waals surface area contributed by atoms with Crippen molar-refractivity contribution >= 4 is 61.1 Å². The van der Waals surface area contributed by atoms with Crippen LogP contribution in [0.1, 0.15) is 5.56 Å². The van der Waals surface area contributed by atoms with Crippen LogP contribution in [0.4, 0.5) is 5.13 Å². The van der Waals surface area contributed by atoms with E-state index in [0.29, 0.717) is 10.3 Å². The highest BCUT2D eigenvalue weighted by Gasteiger charge is 2.09. The summed E-state index contributed by atoms with van der Waals surface area (Å²) in [4.78, 5) is 4.38. The van der Waals surface area contributed by atoms with Crippen molar-refractivity contribution in [1.29, 1.82) is 0 Å². The number of nitrogens with one attached hydrogen (secondary N) is 1. The number of aromatic amines is 1. The summed E-state index contributed by atoms with van der Waals surface area (Å²) in [7, 11) is 0. The number of fused-ring (bicyclic) bond motifs is 1. The molecule has 2 aromatic heterocycles. The molecule has 0 amide bonds. The van der Waals surface area contributed by atoms with Gasteiger partial charge in [0.15, 0.2) is 0 Å². The number of halogens is 2. The van der Waals surface area contributed by atoms with Crippen molar-refractivity contribution < 1.29 is 0 Å². The molecule has 0 radical (unpaired) electrons. The molecule has 0 saturated carbocycles. The fraction of sp³-hybridized carbons (Fsp3) is 0. The fourth-order valence-corrected chi connectivity index (χ4v) is 3.33. The smallest absolute Gasteiger partial charge is 0.231 e. The second-order valence-corrected chi connectivity index (χ2v) is 7.22.